The van der Waals surface area contributed by atoms with E-state index in [9.17, 15) is 9.59 Å². The van der Waals surface area contributed by atoms with Gasteiger partial charge in [-0.25, -0.2) is 0 Å². The van der Waals surface area contributed by atoms with Gasteiger partial charge in [-0.2, -0.15) is 0 Å². The van der Waals surface area contributed by atoms with Crippen LogP contribution in [0.15, 0.2) is 30.3 Å². The summed E-state index contributed by atoms with van der Waals surface area (Å²) >= 11 is 0. The molecule has 23 heavy (non-hydrogen) atoms. The van der Waals surface area contributed by atoms with Gasteiger partial charge in [0.15, 0.2) is 0 Å². The van der Waals surface area contributed by atoms with Crippen LogP contribution in [0.5, 0.6) is 0 Å². The summed E-state index contributed by atoms with van der Waals surface area (Å²) in [6.45, 7) is 6.12. The van der Waals surface area contributed by atoms with Crippen molar-refractivity contribution in [1.82, 2.24) is 4.90 Å². The number of benzene rings is 1. The van der Waals surface area contributed by atoms with E-state index >= 15 is 0 Å². The van der Waals surface area contributed by atoms with Gasteiger partial charge in [0.25, 0.3) is 0 Å². The number of ether oxygens (including phenoxy) is 1. The number of esters is 1. The van der Waals surface area contributed by atoms with Gasteiger partial charge in [-0.1, -0.05) is 18.2 Å². The Balaban J connectivity index is 2.16. The molecule has 5 nitrogen and oxygen atoms in total. The number of hydrogen-bond acceptors (Lipinski definition) is 4. The molecule has 0 spiro atoms. The molecule has 1 atom stereocenters. The van der Waals surface area contributed by atoms with Crippen LogP contribution in [0.4, 0.5) is 5.69 Å². The summed E-state index contributed by atoms with van der Waals surface area (Å²) in [6.07, 6.45) is 2.56. The van der Waals surface area contributed by atoms with Gasteiger partial charge in [-0.15, -0.1) is 0 Å². The average molecular weight is 318 g/mol. The van der Waals surface area contributed by atoms with Crippen LogP contribution in [0.3, 0.4) is 0 Å². The number of nitrogens with zero attached hydrogens (tertiary/aromatic N) is 1. The van der Waals surface area contributed by atoms with Gasteiger partial charge in [-0.3, -0.25) is 9.59 Å². The molecule has 1 unspecified atom stereocenters. The van der Waals surface area contributed by atoms with E-state index in [1.165, 1.54) is 0 Å². The predicted molar refractivity (Wildman–Crippen MR) is 90.1 cm³/mol. The predicted octanol–water partition coefficient (Wildman–Crippen LogP) is 2.82. The molecule has 5 heteroatoms. The number of rotatable bonds is 5. The van der Waals surface area contributed by atoms with Gasteiger partial charge < -0.3 is 15.0 Å². The lowest BCUT2D eigenvalue weighted by atomic mass is 9.97. The van der Waals surface area contributed by atoms with Crippen molar-refractivity contribution in [2.75, 3.05) is 18.5 Å². The number of nitrogens with one attached hydrogen (secondary N) is 1. The lowest BCUT2D eigenvalue weighted by Gasteiger charge is -2.37. The van der Waals surface area contributed by atoms with Crippen molar-refractivity contribution < 1.29 is 14.3 Å². The van der Waals surface area contributed by atoms with Crippen molar-refractivity contribution in [3.05, 3.63) is 30.3 Å². The number of hydrogen-bond donors (Lipinski definition) is 1. The third kappa shape index (κ3) is 4.47. The molecule has 1 aliphatic heterocycles. The lowest BCUT2D eigenvalue weighted by Crippen LogP contribution is -2.53. The number of carbonyl (C=O) groups is 2. The van der Waals surface area contributed by atoms with E-state index < -0.39 is 0 Å². The minimum Gasteiger partial charge on any atom is -0.465 e. The third-order valence-electron chi connectivity index (χ3n) is 4.28. The topological polar surface area (TPSA) is 58.6 Å². The monoisotopic (exact) mass is 318 g/mol. The smallest absolute Gasteiger partial charge is 0.325 e. The zero-order valence-electron chi connectivity index (χ0n) is 14.2. The number of para-hydroxylation sites is 1. The molecule has 126 valence electrons. The van der Waals surface area contributed by atoms with Gasteiger partial charge in [-0.05, 0) is 52.2 Å². The molecule has 1 fully saturated rings. The Morgan fingerprint density at radius 3 is 2.70 bits per heavy atom. The third-order valence-corrected chi connectivity index (χ3v) is 4.28. The molecule has 0 aromatic heterocycles. The Morgan fingerprint density at radius 2 is 2.04 bits per heavy atom. The fourth-order valence-corrected chi connectivity index (χ4v) is 2.98. The van der Waals surface area contributed by atoms with Crippen molar-refractivity contribution in [2.24, 2.45) is 0 Å². The molecule has 2 rings (SSSR count). The molecule has 0 bridgehead atoms. The first-order valence-corrected chi connectivity index (χ1v) is 8.22. The van der Waals surface area contributed by atoms with Gasteiger partial charge >= 0.3 is 5.97 Å². The van der Waals surface area contributed by atoms with E-state index in [1.54, 1.807) is 11.8 Å². The molecule has 1 saturated heterocycles. The molecule has 1 aromatic carbocycles. The summed E-state index contributed by atoms with van der Waals surface area (Å²) in [4.78, 5) is 26.5. The van der Waals surface area contributed by atoms with Crippen LogP contribution in [0.25, 0.3) is 0 Å². The van der Waals surface area contributed by atoms with E-state index in [2.05, 4.69) is 5.32 Å². The zero-order chi connectivity index (χ0) is 16.9. The second kappa shape index (κ2) is 7.49. The Morgan fingerprint density at radius 1 is 1.35 bits per heavy atom. The summed E-state index contributed by atoms with van der Waals surface area (Å²) in [5.41, 5.74) is 0.568. The minimum atomic E-state index is -0.353. The molecule has 0 radical (unpaired) electrons. The second-order valence-corrected chi connectivity index (χ2v) is 6.50. The molecule has 0 saturated carbocycles. The van der Waals surface area contributed by atoms with Crippen molar-refractivity contribution >= 4 is 17.6 Å². The highest BCUT2D eigenvalue weighted by atomic mass is 16.5. The van der Waals surface area contributed by atoms with E-state index in [0.29, 0.717) is 6.61 Å². The first-order chi connectivity index (χ1) is 10.9. The molecule has 0 aliphatic carbocycles. The fraction of sp³-hybridized carbons (Fsp3) is 0.556. The normalized spacial score (nSPS) is 20.7. The highest BCUT2D eigenvalue weighted by molar-refractivity contribution is 5.88. The number of carbonyl (C=O) groups excluding carboxylic acids is 2. The Labute approximate surface area is 138 Å². The van der Waals surface area contributed by atoms with Crippen molar-refractivity contribution in [1.29, 1.82) is 0 Å². The van der Waals surface area contributed by atoms with Gasteiger partial charge in [0.1, 0.15) is 12.6 Å². The summed E-state index contributed by atoms with van der Waals surface area (Å²) in [7, 11) is 0. The Kier molecular flexibility index (Phi) is 5.64. The zero-order valence-corrected chi connectivity index (χ0v) is 14.2. The van der Waals surface area contributed by atoms with E-state index in [0.717, 1.165) is 24.9 Å². The summed E-state index contributed by atoms with van der Waals surface area (Å²) in [5, 5.41) is 3.30. The first kappa shape index (κ1) is 17.3. The van der Waals surface area contributed by atoms with E-state index in [-0.39, 0.29) is 30.0 Å². The quantitative estimate of drug-likeness (QED) is 0.848. The molecule has 1 aromatic rings. The first-order valence-electron chi connectivity index (χ1n) is 8.22. The Hall–Kier alpha value is -2.04. The van der Waals surface area contributed by atoms with Crippen molar-refractivity contribution in [3.8, 4) is 0 Å². The number of likely N-dealkylation sites (tertiary alicyclic amines) is 1. The summed E-state index contributed by atoms with van der Waals surface area (Å²) in [5.74, 6) is -0.390. The molecular weight excluding hydrogens is 292 g/mol. The number of amides is 1. The Bertz CT molecular complexity index is 542. The number of anilines is 1. The lowest BCUT2D eigenvalue weighted by molar-refractivity contribution is -0.152. The van der Waals surface area contributed by atoms with Gasteiger partial charge in [0, 0.05) is 11.2 Å². The van der Waals surface area contributed by atoms with Crippen LogP contribution < -0.4 is 5.32 Å². The minimum absolute atomic E-state index is 0.00659. The van der Waals surface area contributed by atoms with Gasteiger partial charge in [0.2, 0.25) is 5.91 Å². The SMILES string of the molecule is CCOC(=O)CN1C(=O)C(Nc2ccccc2)CCCC1(C)C. The van der Waals surface area contributed by atoms with Crippen LogP contribution in [0, 0.1) is 0 Å². The standard InChI is InChI=1S/C18H26N2O3/c1-4-23-16(21)13-20-17(22)15(11-8-12-18(20,2)3)19-14-9-6-5-7-10-14/h5-7,9-10,15,19H,4,8,11-13H2,1-3H3. The maximum absolute atomic E-state index is 13.0. The molecule has 1 aliphatic rings. The van der Waals surface area contributed by atoms with Gasteiger partial charge in [0.05, 0.1) is 6.61 Å². The maximum atomic E-state index is 13.0. The molecule has 1 amide bonds. The largest absolute Gasteiger partial charge is 0.465 e. The molecule has 1 heterocycles. The van der Waals surface area contributed by atoms with Crippen molar-refractivity contribution in [3.63, 3.8) is 0 Å². The maximum Gasteiger partial charge on any atom is 0.325 e. The average Bonchev–Trinajstić information content (AvgIpc) is 2.61. The van der Waals surface area contributed by atoms with Crippen LogP contribution in [0.2, 0.25) is 0 Å². The van der Waals surface area contributed by atoms with Crippen LogP contribution in [-0.4, -0.2) is 41.5 Å². The second-order valence-electron chi connectivity index (χ2n) is 6.50. The fourth-order valence-electron chi connectivity index (χ4n) is 2.98. The highest BCUT2D eigenvalue weighted by Gasteiger charge is 2.38. The molecular formula is C18H26N2O3. The van der Waals surface area contributed by atoms with Crippen LogP contribution in [-0.2, 0) is 14.3 Å². The van der Waals surface area contributed by atoms with E-state index in [4.69, 9.17) is 4.74 Å². The van der Waals surface area contributed by atoms with Crippen LogP contribution in [0.1, 0.15) is 40.0 Å². The summed E-state index contributed by atoms with van der Waals surface area (Å²) in [6, 6.07) is 9.38. The van der Waals surface area contributed by atoms with Crippen LogP contribution >= 0.6 is 0 Å². The van der Waals surface area contributed by atoms with Crippen molar-refractivity contribution in [2.45, 2.75) is 51.6 Å². The molecule has 1 N–H and O–H groups in total. The van der Waals surface area contributed by atoms with E-state index in [1.807, 2.05) is 44.2 Å². The summed E-state index contributed by atoms with van der Waals surface area (Å²) < 4.78 is 5.03. The highest BCUT2D eigenvalue weighted by Crippen LogP contribution is 2.28.